The summed E-state index contributed by atoms with van der Waals surface area (Å²) >= 11 is 0. The van der Waals surface area contributed by atoms with Crippen LogP contribution in [0.5, 0.6) is 0 Å². The third-order valence-corrected chi connectivity index (χ3v) is 4.02. The first kappa shape index (κ1) is 22.1. The number of carbonyl (C=O) groups excluding carboxylic acids is 4. The topological polar surface area (TPSA) is 111 Å². The molecule has 1 aromatic carbocycles. The SMILES string of the molecule is CC[C@H](C)[C@H](NC(=O)COC(=O)CNC(=O)c1cccc(C)c1)C(=O)OC. The van der Waals surface area contributed by atoms with E-state index in [1.807, 2.05) is 19.9 Å². The molecule has 0 saturated carbocycles. The lowest BCUT2D eigenvalue weighted by Crippen LogP contribution is -2.47. The van der Waals surface area contributed by atoms with Gasteiger partial charge in [-0.05, 0) is 25.0 Å². The van der Waals surface area contributed by atoms with Gasteiger partial charge in [-0.15, -0.1) is 0 Å². The van der Waals surface area contributed by atoms with E-state index in [9.17, 15) is 19.2 Å². The van der Waals surface area contributed by atoms with Crippen molar-refractivity contribution in [1.82, 2.24) is 10.6 Å². The molecule has 0 aromatic heterocycles. The van der Waals surface area contributed by atoms with Crippen molar-refractivity contribution in [3.63, 3.8) is 0 Å². The smallest absolute Gasteiger partial charge is 0.328 e. The molecule has 0 aliphatic rings. The van der Waals surface area contributed by atoms with Crippen molar-refractivity contribution >= 4 is 23.8 Å². The third-order valence-electron chi connectivity index (χ3n) is 4.02. The Labute approximate surface area is 158 Å². The van der Waals surface area contributed by atoms with Gasteiger partial charge in [0, 0.05) is 5.56 Å². The standard InChI is InChI=1S/C19H26N2O6/c1-5-13(3)17(19(25)26-4)21-15(22)11-27-16(23)10-20-18(24)14-8-6-7-12(2)9-14/h6-9,13,17H,5,10-11H2,1-4H3,(H,20,24)(H,21,22)/t13-,17-/m0/s1. The number of carbonyl (C=O) groups is 4. The van der Waals surface area contributed by atoms with Crippen LogP contribution in [0.1, 0.15) is 36.2 Å². The van der Waals surface area contributed by atoms with Crippen LogP contribution in [0.2, 0.25) is 0 Å². The van der Waals surface area contributed by atoms with Crippen molar-refractivity contribution in [1.29, 1.82) is 0 Å². The van der Waals surface area contributed by atoms with Crippen LogP contribution in [-0.4, -0.2) is 50.1 Å². The number of nitrogens with one attached hydrogen (secondary N) is 2. The highest BCUT2D eigenvalue weighted by Gasteiger charge is 2.26. The summed E-state index contributed by atoms with van der Waals surface area (Å²) in [5, 5.41) is 4.92. The summed E-state index contributed by atoms with van der Waals surface area (Å²) in [5.41, 5.74) is 1.35. The maximum absolute atomic E-state index is 12.0. The van der Waals surface area contributed by atoms with Gasteiger partial charge in [-0.1, -0.05) is 38.0 Å². The largest absolute Gasteiger partial charge is 0.467 e. The maximum Gasteiger partial charge on any atom is 0.328 e. The number of aryl methyl sites for hydroxylation is 1. The van der Waals surface area contributed by atoms with E-state index in [1.165, 1.54) is 7.11 Å². The van der Waals surface area contributed by atoms with Gasteiger partial charge in [-0.3, -0.25) is 14.4 Å². The number of ether oxygens (including phenoxy) is 2. The summed E-state index contributed by atoms with van der Waals surface area (Å²) in [6.07, 6.45) is 0.658. The first-order valence-electron chi connectivity index (χ1n) is 8.66. The number of hydrogen-bond donors (Lipinski definition) is 2. The molecule has 1 aromatic rings. The number of benzene rings is 1. The van der Waals surface area contributed by atoms with E-state index in [0.717, 1.165) is 5.56 Å². The van der Waals surface area contributed by atoms with Gasteiger partial charge < -0.3 is 20.1 Å². The highest BCUT2D eigenvalue weighted by molar-refractivity contribution is 5.96. The van der Waals surface area contributed by atoms with Crippen molar-refractivity contribution in [2.24, 2.45) is 5.92 Å². The number of methoxy groups -OCH3 is 1. The Morgan fingerprint density at radius 2 is 1.89 bits per heavy atom. The van der Waals surface area contributed by atoms with Gasteiger partial charge >= 0.3 is 11.9 Å². The molecule has 0 unspecified atom stereocenters. The number of hydrogen-bond acceptors (Lipinski definition) is 6. The minimum Gasteiger partial charge on any atom is -0.467 e. The minimum atomic E-state index is -0.813. The molecule has 0 aliphatic heterocycles. The maximum atomic E-state index is 12.0. The Bertz CT molecular complexity index is 689. The van der Waals surface area contributed by atoms with Crippen LogP contribution < -0.4 is 10.6 Å². The van der Waals surface area contributed by atoms with Crippen LogP contribution >= 0.6 is 0 Å². The summed E-state index contributed by atoms with van der Waals surface area (Å²) in [7, 11) is 1.24. The van der Waals surface area contributed by atoms with E-state index in [4.69, 9.17) is 4.74 Å². The van der Waals surface area contributed by atoms with Gasteiger partial charge in [-0.25, -0.2) is 4.79 Å². The number of amides is 2. The van der Waals surface area contributed by atoms with E-state index >= 15 is 0 Å². The molecule has 0 fully saturated rings. The second-order valence-electron chi connectivity index (χ2n) is 6.17. The van der Waals surface area contributed by atoms with E-state index in [-0.39, 0.29) is 12.5 Å². The molecule has 2 atom stereocenters. The number of rotatable bonds is 9. The zero-order chi connectivity index (χ0) is 20.4. The number of esters is 2. The summed E-state index contributed by atoms with van der Waals surface area (Å²) in [6.45, 7) is 4.61. The van der Waals surface area contributed by atoms with Gasteiger partial charge in [0.05, 0.1) is 7.11 Å². The first-order chi connectivity index (χ1) is 12.8. The Morgan fingerprint density at radius 3 is 2.48 bits per heavy atom. The summed E-state index contributed by atoms with van der Waals surface area (Å²) in [6, 6.07) is 6.10. The second-order valence-corrected chi connectivity index (χ2v) is 6.17. The molecule has 0 saturated heterocycles. The minimum absolute atomic E-state index is 0.134. The molecule has 8 heteroatoms. The molecule has 148 valence electrons. The van der Waals surface area contributed by atoms with Crippen molar-refractivity contribution in [3.05, 3.63) is 35.4 Å². The lowest BCUT2D eigenvalue weighted by Gasteiger charge is -2.21. The molecule has 1 rings (SSSR count). The fourth-order valence-corrected chi connectivity index (χ4v) is 2.25. The van der Waals surface area contributed by atoms with Gasteiger partial charge in [0.25, 0.3) is 11.8 Å². The molecule has 27 heavy (non-hydrogen) atoms. The highest BCUT2D eigenvalue weighted by atomic mass is 16.5. The van der Waals surface area contributed by atoms with Gasteiger partial charge in [0.2, 0.25) is 0 Å². The summed E-state index contributed by atoms with van der Waals surface area (Å²) < 4.78 is 9.49. The Balaban J connectivity index is 2.43. The van der Waals surface area contributed by atoms with Gasteiger partial charge in [-0.2, -0.15) is 0 Å². The van der Waals surface area contributed by atoms with Crippen molar-refractivity contribution in [2.45, 2.75) is 33.2 Å². The molecule has 2 amide bonds. The molecule has 0 bridgehead atoms. The molecule has 8 nitrogen and oxygen atoms in total. The molecule has 0 heterocycles. The fraction of sp³-hybridized carbons (Fsp3) is 0.474. The Kier molecular flexibility index (Phi) is 8.98. The van der Waals surface area contributed by atoms with Crippen LogP contribution in [0.4, 0.5) is 0 Å². The fourth-order valence-electron chi connectivity index (χ4n) is 2.25. The van der Waals surface area contributed by atoms with Crippen molar-refractivity contribution < 1.29 is 28.7 Å². The average Bonchev–Trinajstić information content (AvgIpc) is 2.67. The van der Waals surface area contributed by atoms with E-state index in [0.29, 0.717) is 12.0 Å². The van der Waals surface area contributed by atoms with Crippen molar-refractivity contribution in [3.8, 4) is 0 Å². The normalized spacial score (nSPS) is 12.4. The molecule has 0 spiro atoms. The molecular weight excluding hydrogens is 352 g/mol. The van der Waals surface area contributed by atoms with E-state index < -0.39 is 36.4 Å². The Morgan fingerprint density at radius 1 is 1.19 bits per heavy atom. The van der Waals surface area contributed by atoms with Crippen molar-refractivity contribution in [2.75, 3.05) is 20.3 Å². The zero-order valence-electron chi connectivity index (χ0n) is 16.0. The van der Waals surface area contributed by atoms with Gasteiger partial charge in [0.15, 0.2) is 6.61 Å². The zero-order valence-corrected chi connectivity index (χ0v) is 16.0. The summed E-state index contributed by atoms with van der Waals surface area (Å²) in [4.78, 5) is 47.3. The molecule has 2 N–H and O–H groups in total. The van der Waals surface area contributed by atoms with Crippen LogP contribution in [-0.2, 0) is 23.9 Å². The summed E-state index contributed by atoms with van der Waals surface area (Å²) in [5.74, 6) is -2.49. The second kappa shape index (κ2) is 10.9. The van der Waals surface area contributed by atoms with Crippen LogP contribution in [0.25, 0.3) is 0 Å². The highest BCUT2D eigenvalue weighted by Crippen LogP contribution is 2.09. The van der Waals surface area contributed by atoms with E-state index in [1.54, 1.807) is 25.1 Å². The molecular formula is C19H26N2O6. The lowest BCUT2D eigenvalue weighted by atomic mass is 9.99. The lowest BCUT2D eigenvalue weighted by molar-refractivity contribution is -0.150. The molecule has 0 aliphatic carbocycles. The predicted molar refractivity (Wildman–Crippen MR) is 97.9 cm³/mol. The predicted octanol–water partition coefficient (Wildman–Crippen LogP) is 0.972. The van der Waals surface area contributed by atoms with Crippen LogP contribution in [0, 0.1) is 12.8 Å². The van der Waals surface area contributed by atoms with Crippen LogP contribution in [0.15, 0.2) is 24.3 Å². The first-order valence-corrected chi connectivity index (χ1v) is 8.66. The monoisotopic (exact) mass is 378 g/mol. The third kappa shape index (κ3) is 7.47. The average molecular weight is 378 g/mol. The Hall–Kier alpha value is -2.90. The van der Waals surface area contributed by atoms with E-state index in [2.05, 4.69) is 15.4 Å². The van der Waals surface area contributed by atoms with Gasteiger partial charge in [0.1, 0.15) is 12.6 Å². The van der Waals surface area contributed by atoms with Crippen LogP contribution in [0.3, 0.4) is 0 Å². The molecule has 0 radical (unpaired) electrons. The quantitative estimate of drug-likeness (QED) is 0.620.